The highest BCUT2D eigenvalue weighted by molar-refractivity contribution is 6.17. The van der Waals surface area contributed by atoms with Gasteiger partial charge < -0.3 is 9.84 Å². The minimum absolute atomic E-state index is 0.0587. The van der Waals surface area contributed by atoms with Crippen LogP contribution in [0.25, 0.3) is 0 Å². The Morgan fingerprint density at radius 3 is 2.50 bits per heavy atom. The van der Waals surface area contributed by atoms with Crippen LogP contribution in [-0.2, 0) is 5.88 Å². The average Bonchev–Trinajstić information content (AvgIpc) is 2.25. The Bertz CT molecular complexity index is 522. The second-order valence-electron chi connectivity index (χ2n) is 3.07. The number of alkyl halides is 4. The van der Waals surface area contributed by atoms with Gasteiger partial charge in [0.15, 0.2) is 5.75 Å². The second kappa shape index (κ2) is 5.14. The van der Waals surface area contributed by atoms with Crippen molar-refractivity contribution in [3.8, 4) is 11.8 Å². The Morgan fingerprint density at radius 1 is 1.50 bits per heavy atom. The molecular formula is C10H5ClF3NO3. The van der Waals surface area contributed by atoms with Crippen molar-refractivity contribution in [3.05, 3.63) is 28.8 Å². The van der Waals surface area contributed by atoms with E-state index < -0.39 is 29.2 Å². The summed E-state index contributed by atoms with van der Waals surface area (Å²) in [6.45, 7) is 0. The van der Waals surface area contributed by atoms with Crippen LogP contribution in [0.4, 0.5) is 13.2 Å². The SMILES string of the molecule is N#Cc1c(CCl)ccc(C(=O)O)c1OC(F)(F)F. The number of carboxylic acid groups (broad SMARTS) is 1. The summed E-state index contributed by atoms with van der Waals surface area (Å²) in [7, 11) is 0. The fraction of sp³-hybridized carbons (Fsp3) is 0.200. The molecule has 0 saturated heterocycles. The number of hydrogen-bond acceptors (Lipinski definition) is 3. The van der Waals surface area contributed by atoms with Crippen molar-refractivity contribution in [1.29, 1.82) is 5.26 Å². The van der Waals surface area contributed by atoms with Crippen LogP contribution >= 0.6 is 11.6 Å². The third-order valence-electron chi connectivity index (χ3n) is 1.95. The number of nitrogens with zero attached hydrogens (tertiary/aromatic N) is 1. The maximum absolute atomic E-state index is 12.2. The van der Waals surface area contributed by atoms with Gasteiger partial charge in [-0.25, -0.2) is 4.79 Å². The number of aromatic carboxylic acids is 1. The van der Waals surface area contributed by atoms with Gasteiger partial charge >= 0.3 is 12.3 Å². The first-order valence-electron chi connectivity index (χ1n) is 4.41. The van der Waals surface area contributed by atoms with Crippen LogP contribution in [0.3, 0.4) is 0 Å². The monoisotopic (exact) mass is 279 g/mol. The van der Waals surface area contributed by atoms with E-state index in [0.29, 0.717) is 0 Å². The quantitative estimate of drug-likeness (QED) is 0.864. The molecule has 0 aliphatic carbocycles. The highest BCUT2D eigenvalue weighted by Gasteiger charge is 2.35. The minimum Gasteiger partial charge on any atom is -0.478 e. The van der Waals surface area contributed by atoms with Gasteiger partial charge in [0.05, 0.1) is 5.56 Å². The molecule has 0 saturated carbocycles. The first-order valence-corrected chi connectivity index (χ1v) is 4.94. The van der Waals surface area contributed by atoms with Crippen LogP contribution in [0.2, 0.25) is 0 Å². The van der Waals surface area contributed by atoms with E-state index in [9.17, 15) is 18.0 Å². The number of carbonyl (C=O) groups is 1. The Hall–Kier alpha value is -1.94. The number of rotatable bonds is 3. The van der Waals surface area contributed by atoms with Crippen LogP contribution < -0.4 is 4.74 Å². The lowest BCUT2D eigenvalue weighted by Crippen LogP contribution is -2.20. The van der Waals surface area contributed by atoms with E-state index in [1.54, 1.807) is 0 Å². The summed E-state index contributed by atoms with van der Waals surface area (Å²) in [5, 5.41) is 17.5. The molecule has 1 N–H and O–H groups in total. The molecule has 1 aromatic carbocycles. The molecule has 0 radical (unpaired) electrons. The zero-order valence-corrected chi connectivity index (χ0v) is 9.34. The molecule has 0 heterocycles. The molecule has 0 bridgehead atoms. The molecule has 0 atom stereocenters. The highest BCUT2D eigenvalue weighted by Crippen LogP contribution is 2.32. The van der Waals surface area contributed by atoms with E-state index in [0.717, 1.165) is 12.1 Å². The first-order chi connectivity index (χ1) is 8.30. The van der Waals surface area contributed by atoms with Crippen molar-refractivity contribution in [2.75, 3.05) is 0 Å². The van der Waals surface area contributed by atoms with Crippen LogP contribution in [0.1, 0.15) is 21.5 Å². The van der Waals surface area contributed by atoms with Crippen molar-refractivity contribution < 1.29 is 27.8 Å². The van der Waals surface area contributed by atoms with Crippen LogP contribution in [0.15, 0.2) is 12.1 Å². The molecule has 1 aromatic rings. The zero-order chi connectivity index (χ0) is 13.9. The fourth-order valence-corrected chi connectivity index (χ4v) is 1.47. The molecule has 0 fully saturated rings. The highest BCUT2D eigenvalue weighted by atomic mass is 35.5. The van der Waals surface area contributed by atoms with E-state index in [4.69, 9.17) is 22.0 Å². The number of halogens is 4. The van der Waals surface area contributed by atoms with Crippen molar-refractivity contribution in [2.24, 2.45) is 0 Å². The maximum Gasteiger partial charge on any atom is 0.573 e. The van der Waals surface area contributed by atoms with Crippen LogP contribution in [0.5, 0.6) is 5.75 Å². The van der Waals surface area contributed by atoms with Crippen LogP contribution in [-0.4, -0.2) is 17.4 Å². The Balaban J connectivity index is 3.50. The van der Waals surface area contributed by atoms with E-state index >= 15 is 0 Å². The lowest BCUT2D eigenvalue weighted by Gasteiger charge is -2.14. The van der Waals surface area contributed by atoms with Crippen LogP contribution in [0, 0.1) is 11.3 Å². The third kappa shape index (κ3) is 3.05. The van der Waals surface area contributed by atoms with Gasteiger partial charge in [-0.05, 0) is 11.6 Å². The van der Waals surface area contributed by atoms with Gasteiger partial charge in [0.2, 0.25) is 0 Å². The summed E-state index contributed by atoms with van der Waals surface area (Å²) in [5.41, 5.74) is -1.23. The summed E-state index contributed by atoms with van der Waals surface area (Å²) in [6.07, 6.45) is -5.10. The van der Waals surface area contributed by atoms with Gasteiger partial charge in [-0.3, -0.25) is 0 Å². The summed E-state index contributed by atoms with van der Waals surface area (Å²) >= 11 is 5.45. The molecule has 96 valence electrons. The lowest BCUT2D eigenvalue weighted by atomic mass is 10.0. The molecule has 0 aliphatic rings. The van der Waals surface area contributed by atoms with Gasteiger partial charge in [0, 0.05) is 5.88 Å². The summed E-state index contributed by atoms with van der Waals surface area (Å²) in [5.74, 6) is -2.92. The van der Waals surface area contributed by atoms with E-state index in [2.05, 4.69) is 4.74 Å². The average molecular weight is 280 g/mol. The van der Waals surface area contributed by atoms with Gasteiger partial charge in [0.1, 0.15) is 11.6 Å². The van der Waals surface area contributed by atoms with Gasteiger partial charge in [-0.1, -0.05) is 6.07 Å². The van der Waals surface area contributed by atoms with Crippen molar-refractivity contribution in [1.82, 2.24) is 0 Å². The Kier molecular flexibility index (Phi) is 4.03. The summed E-state index contributed by atoms with van der Waals surface area (Å²) < 4.78 is 40.1. The molecule has 0 aliphatic heterocycles. The first kappa shape index (κ1) is 14.1. The minimum atomic E-state index is -5.10. The number of hydrogen-bond donors (Lipinski definition) is 1. The molecule has 0 aromatic heterocycles. The van der Waals surface area contributed by atoms with E-state index in [1.807, 2.05) is 0 Å². The number of carboxylic acids is 1. The summed E-state index contributed by atoms with van der Waals surface area (Å²) in [4.78, 5) is 10.8. The van der Waals surface area contributed by atoms with Gasteiger partial charge in [-0.15, -0.1) is 24.8 Å². The van der Waals surface area contributed by atoms with Crippen molar-refractivity contribution in [2.45, 2.75) is 12.2 Å². The number of nitriles is 1. The summed E-state index contributed by atoms with van der Waals surface area (Å²) in [6, 6.07) is 3.53. The van der Waals surface area contributed by atoms with Crippen molar-refractivity contribution >= 4 is 17.6 Å². The largest absolute Gasteiger partial charge is 0.573 e. The lowest BCUT2D eigenvalue weighted by molar-refractivity contribution is -0.274. The number of ether oxygens (including phenoxy) is 1. The predicted molar refractivity (Wildman–Crippen MR) is 54.4 cm³/mol. The number of benzene rings is 1. The van der Waals surface area contributed by atoms with Gasteiger partial charge in [-0.2, -0.15) is 5.26 Å². The molecule has 1 rings (SSSR count). The third-order valence-corrected chi connectivity index (χ3v) is 2.24. The molecule has 0 spiro atoms. The van der Waals surface area contributed by atoms with E-state index in [-0.39, 0.29) is 11.4 Å². The molecule has 4 nitrogen and oxygen atoms in total. The molecule has 0 unspecified atom stereocenters. The zero-order valence-electron chi connectivity index (χ0n) is 8.58. The standard InChI is InChI=1S/C10H5ClF3NO3/c11-3-5-1-2-6(9(16)17)8(7(5)4-15)18-10(12,13)14/h1-2H,3H2,(H,16,17). The topological polar surface area (TPSA) is 70.3 Å². The molecular weight excluding hydrogens is 275 g/mol. The molecule has 8 heteroatoms. The van der Waals surface area contributed by atoms with E-state index in [1.165, 1.54) is 6.07 Å². The maximum atomic E-state index is 12.2. The second-order valence-corrected chi connectivity index (χ2v) is 3.34. The molecule has 18 heavy (non-hydrogen) atoms. The predicted octanol–water partition coefficient (Wildman–Crippen LogP) is 2.89. The Labute approximate surface area is 104 Å². The Morgan fingerprint density at radius 2 is 2.11 bits per heavy atom. The smallest absolute Gasteiger partial charge is 0.478 e. The van der Waals surface area contributed by atoms with Crippen molar-refractivity contribution in [3.63, 3.8) is 0 Å². The van der Waals surface area contributed by atoms with Gasteiger partial charge in [0.25, 0.3) is 0 Å². The normalized spacial score (nSPS) is 10.8. The fourth-order valence-electron chi connectivity index (χ4n) is 1.25. The molecule has 0 amide bonds.